The van der Waals surface area contributed by atoms with Crippen LogP contribution in [-0.4, -0.2) is 62.8 Å². The Morgan fingerprint density at radius 2 is 1.54 bits per heavy atom. The molecule has 6 nitrogen and oxygen atoms in total. The van der Waals surface area contributed by atoms with Gasteiger partial charge in [-0.05, 0) is 54.8 Å². The molecule has 0 atom stereocenters. The molecule has 4 rings (SSSR count). The van der Waals surface area contributed by atoms with Crippen molar-refractivity contribution in [2.45, 2.75) is 18.2 Å². The van der Waals surface area contributed by atoms with E-state index in [9.17, 15) is 13.2 Å². The second kappa shape index (κ2) is 12.0. The Bertz CT molecular complexity index is 1360. The van der Waals surface area contributed by atoms with Crippen LogP contribution >= 0.6 is 34.8 Å². The molecule has 0 bridgehead atoms. The summed E-state index contributed by atoms with van der Waals surface area (Å²) in [6, 6.07) is 19.6. The monoisotopic (exact) mass is 579 g/mol. The van der Waals surface area contributed by atoms with Crippen LogP contribution in [0.4, 0.5) is 5.69 Å². The number of hydrogen-bond donors (Lipinski definition) is 0. The minimum Gasteiger partial charge on any atom is -0.368 e. The van der Waals surface area contributed by atoms with Crippen molar-refractivity contribution < 1.29 is 13.2 Å². The number of hydrogen-bond acceptors (Lipinski definition) is 4. The Morgan fingerprint density at radius 1 is 0.892 bits per heavy atom. The first-order valence-corrected chi connectivity index (χ1v) is 14.5. The van der Waals surface area contributed by atoms with E-state index in [2.05, 4.69) is 4.90 Å². The standard InChI is InChI=1S/C27H28Cl3N3O3S/c1-20-7-8-22(28)17-25(20)31-13-15-32(16-14-31)27(34)19-33(12-11-21-5-3-2-4-6-21)37(35,36)26-18-23(29)9-10-24(26)30/h2-10,17-18H,11-16,19H2,1H3. The van der Waals surface area contributed by atoms with Crippen LogP contribution in [0.3, 0.4) is 0 Å². The van der Waals surface area contributed by atoms with Gasteiger partial charge in [-0.15, -0.1) is 0 Å². The Hall–Kier alpha value is -2.29. The maximum absolute atomic E-state index is 13.6. The molecule has 1 amide bonds. The predicted octanol–water partition coefficient (Wildman–Crippen LogP) is 5.54. The van der Waals surface area contributed by atoms with Gasteiger partial charge < -0.3 is 9.80 Å². The van der Waals surface area contributed by atoms with Crippen molar-refractivity contribution in [3.63, 3.8) is 0 Å². The van der Waals surface area contributed by atoms with Gasteiger partial charge in [0.15, 0.2) is 0 Å². The first-order chi connectivity index (χ1) is 17.6. The molecule has 0 aliphatic carbocycles. The molecule has 1 saturated heterocycles. The maximum atomic E-state index is 13.6. The molecule has 3 aromatic rings. The van der Waals surface area contributed by atoms with Crippen LogP contribution < -0.4 is 4.90 Å². The number of sulfonamides is 1. The van der Waals surface area contributed by atoms with Gasteiger partial charge in [-0.1, -0.05) is 71.2 Å². The van der Waals surface area contributed by atoms with Gasteiger partial charge in [0.2, 0.25) is 15.9 Å². The van der Waals surface area contributed by atoms with Crippen LogP contribution in [0, 0.1) is 6.92 Å². The number of nitrogens with zero attached hydrogens (tertiary/aromatic N) is 3. The minimum absolute atomic E-state index is 0.0621. The topological polar surface area (TPSA) is 60.9 Å². The third kappa shape index (κ3) is 6.78. The molecule has 0 unspecified atom stereocenters. The van der Waals surface area contributed by atoms with Crippen LogP contribution in [-0.2, 0) is 21.2 Å². The first-order valence-electron chi connectivity index (χ1n) is 11.9. The Morgan fingerprint density at radius 3 is 2.24 bits per heavy atom. The van der Waals surface area contributed by atoms with Gasteiger partial charge in [0.25, 0.3) is 0 Å². The fraction of sp³-hybridized carbons (Fsp3) is 0.296. The molecule has 3 aromatic carbocycles. The number of amides is 1. The number of carbonyl (C=O) groups is 1. The lowest BCUT2D eigenvalue weighted by molar-refractivity contribution is -0.131. The quantitative estimate of drug-likeness (QED) is 0.351. The average molecular weight is 581 g/mol. The molecule has 0 spiro atoms. The lowest BCUT2D eigenvalue weighted by Gasteiger charge is -2.37. The van der Waals surface area contributed by atoms with Gasteiger partial charge in [0.1, 0.15) is 4.90 Å². The number of carbonyl (C=O) groups excluding carboxylic acids is 1. The van der Waals surface area contributed by atoms with Crippen molar-refractivity contribution in [2.24, 2.45) is 0 Å². The summed E-state index contributed by atoms with van der Waals surface area (Å²) in [5.41, 5.74) is 3.13. The van der Waals surface area contributed by atoms with E-state index in [1.807, 2.05) is 55.5 Å². The fourth-order valence-corrected chi connectivity index (χ4v) is 6.66. The Kier molecular flexibility index (Phi) is 9.03. The molecule has 1 aliphatic rings. The van der Waals surface area contributed by atoms with E-state index in [1.54, 1.807) is 4.90 Å². The van der Waals surface area contributed by atoms with Crippen molar-refractivity contribution in [3.05, 3.63) is 92.9 Å². The molecule has 0 N–H and O–H groups in total. The number of piperazine rings is 1. The molecular weight excluding hydrogens is 553 g/mol. The van der Waals surface area contributed by atoms with E-state index in [0.29, 0.717) is 37.6 Å². The molecule has 10 heteroatoms. The van der Waals surface area contributed by atoms with Gasteiger partial charge in [-0.2, -0.15) is 4.31 Å². The third-order valence-electron chi connectivity index (χ3n) is 6.46. The molecule has 1 heterocycles. The molecule has 0 saturated carbocycles. The van der Waals surface area contributed by atoms with Crippen LogP contribution in [0.1, 0.15) is 11.1 Å². The summed E-state index contributed by atoms with van der Waals surface area (Å²) < 4.78 is 28.5. The van der Waals surface area contributed by atoms with Crippen molar-refractivity contribution in [1.82, 2.24) is 9.21 Å². The lowest BCUT2D eigenvalue weighted by Crippen LogP contribution is -2.52. The molecule has 1 fully saturated rings. The number of benzene rings is 3. The lowest BCUT2D eigenvalue weighted by atomic mass is 10.1. The van der Waals surface area contributed by atoms with Crippen molar-refractivity contribution in [2.75, 3.05) is 44.2 Å². The average Bonchev–Trinajstić information content (AvgIpc) is 2.89. The SMILES string of the molecule is Cc1ccc(Cl)cc1N1CCN(C(=O)CN(CCc2ccccc2)S(=O)(=O)c2cc(Cl)ccc2Cl)CC1. The van der Waals surface area contributed by atoms with E-state index in [4.69, 9.17) is 34.8 Å². The van der Waals surface area contributed by atoms with Crippen LogP contribution in [0.25, 0.3) is 0 Å². The second-order valence-corrected chi connectivity index (χ2v) is 12.1. The summed E-state index contributed by atoms with van der Waals surface area (Å²) in [6.45, 7) is 4.09. The summed E-state index contributed by atoms with van der Waals surface area (Å²) in [4.78, 5) is 17.1. The third-order valence-corrected chi connectivity index (χ3v) is 9.26. The van der Waals surface area contributed by atoms with Crippen molar-refractivity contribution in [3.8, 4) is 0 Å². The highest BCUT2D eigenvalue weighted by molar-refractivity contribution is 7.89. The molecule has 1 aliphatic heterocycles. The minimum atomic E-state index is -4.08. The van der Waals surface area contributed by atoms with Gasteiger partial charge in [0.05, 0.1) is 11.6 Å². The molecular formula is C27H28Cl3N3O3S. The van der Waals surface area contributed by atoms with Gasteiger partial charge in [-0.3, -0.25) is 4.79 Å². The van der Waals surface area contributed by atoms with Crippen molar-refractivity contribution >= 4 is 56.4 Å². The van der Waals surface area contributed by atoms with Gasteiger partial charge in [0, 0.05) is 48.5 Å². The first kappa shape index (κ1) is 27.7. The van der Waals surface area contributed by atoms with Gasteiger partial charge >= 0.3 is 0 Å². The summed E-state index contributed by atoms with van der Waals surface area (Å²) in [6.07, 6.45) is 0.452. The highest BCUT2D eigenvalue weighted by atomic mass is 35.5. The normalized spacial score (nSPS) is 14.3. The zero-order valence-corrected chi connectivity index (χ0v) is 23.5. The van der Waals surface area contributed by atoms with Crippen molar-refractivity contribution in [1.29, 1.82) is 0 Å². The van der Waals surface area contributed by atoms with E-state index in [-0.39, 0.29) is 33.9 Å². The molecule has 0 radical (unpaired) electrons. The van der Waals surface area contributed by atoms with Crippen LogP contribution in [0.2, 0.25) is 15.1 Å². The smallest absolute Gasteiger partial charge is 0.245 e. The zero-order chi connectivity index (χ0) is 26.6. The highest BCUT2D eigenvalue weighted by Gasteiger charge is 2.31. The number of anilines is 1. The van der Waals surface area contributed by atoms with E-state index < -0.39 is 10.0 Å². The summed E-state index contributed by atoms with van der Waals surface area (Å²) in [5, 5.41) is 0.981. The zero-order valence-electron chi connectivity index (χ0n) is 20.4. The van der Waals surface area contributed by atoms with E-state index in [1.165, 1.54) is 22.5 Å². The largest absolute Gasteiger partial charge is 0.368 e. The Balaban J connectivity index is 1.50. The summed E-state index contributed by atoms with van der Waals surface area (Å²) >= 11 is 18.5. The van der Waals surface area contributed by atoms with Gasteiger partial charge in [-0.25, -0.2) is 8.42 Å². The van der Waals surface area contributed by atoms with Crippen LogP contribution in [0.15, 0.2) is 71.6 Å². The summed E-state index contributed by atoms with van der Waals surface area (Å²) in [7, 11) is -4.08. The Labute approximate surface area is 233 Å². The van der Waals surface area contributed by atoms with E-state index in [0.717, 1.165) is 16.8 Å². The number of rotatable bonds is 8. The predicted molar refractivity (Wildman–Crippen MR) is 150 cm³/mol. The maximum Gasteiger partial charge on any atom is 0.245 e. The fourth-order valence-electron chi connectivity index (χ4n) is 4.37. The molecule has 196 valence electrons. The van der Waals surface area contributed by atoms with E-state index >= 15 is 0 Å². The number of aryl methyl sites for hydroxylation is 1. The van der Waals surface area contributed by atoms with Crippen LogP contribution in [0.5, 0.6) is 0 Å². The second-order valence-electron chi connectivity index (χ2n) is 8.95. The highest BCUT2D eigenvalue weighted by Crippen LogP contribution is 2.29. The molecule has 37 heavy (non-hydrogen) atoms. The molecule has 0 aromatic heterocycles. The summed E-state index contributed by atoms with van der Waals surface area (Å²) in [5.74, 6) is -0.253. The number of halogens is 3.